The number of nitrogens with zero attached hydrogens (tertiary/aromatic N) is 1. The molecule has 21 heavy (non-hydrogen) atoms. The average Bonchev–Trinajstić information content (AvgIpc) is 2.23. The lowest BCUT2D eigenvalue weighted by atomic mass is 9.85. The van der Waals surface area contributed by atoms with E-state index in [9.17, 15) is 29.7 Å². The molecule has 0 saturated heterocycles. The molecule has 8 heteroatoms. The van der Waals surface area contributed by atoms with E-state index in [1.807, 2.05) is 0 Å². The molecule has 3 unspecified atom stereocenters. The van der Waals surface area contributed by atoms with E-state index in [1.54, 1.807) is 0 Å². The summed E-state index contributed by atoms with van der Waals surface area (Å²) in [7, 11) is 4.45. The van der Waals surface area contributed by atoms with Gasteiger partial charge in [0.1, 0.15) is 0 Å². The van der Waals surface area contributed by atoms with Crippen molar-refractivity contribution < 1.29 is 39.3 Å². The summed E-state index contributed by atoms with van der Waals surface area (Å²) >= 11 is 0. The third kappa shape index (κ3) is 5.78. The number of carboxylic acid groups (broad SMARTS) is 2. The third-order valence-corrected chi connectivity index (χ3v) is 3.11. The Bertz CT molecular complexity index is 415. The van der Waals surface area contributed by atoms with Crippen LogP contribution in [-0.4, -0.2) is 70.5 Å². The molecule has 0 spiro atoms. The summed E-state index contributed by atoms with van der Waals surface area (Å²) in [6, 6.07) is 0. The lowest BCUT2D eigenvalue weighted by Crippen LogP contribution is -2.64. The fraction of sp³-hybridized carbons (Fsp3) is 0.769. The number of Topliss-reactive ketones (excluding diaryl/α,β-unsaturated/α-hetero) is 1. The molecule has 3 atom stereocenters. The summed E-state index contributed by atoms with van der Waals surface area (Å²) in [5.41, 5.74) is -2.52. The van der Waals surface area contributed by atoms with Crippen LogP contribution in [0.3, 0.4) is 0 Å². The molecule has 0 heterocycles. The van der Waals surface area contributed by atoms with Gasteiger partial charge in [-0.1, -0.05) is 6.92 Å². The second-order valence-electron chi connectivity index (χ2n) is 6.29. The highest BCUT2D eigenvalue weighted by Crippen LogP contribution is 2.25. The minimum atomic E-state index is -2.52. The number of carbonyl (C=O) groups excluding carboxylic acids is 2. The van der Waals surface area contributed by atoms with E-state index < -0.39 is 41.9 Å². The van der Waals surface area contributed by atoms with Gasteiger partial charge in [0.2, 0.25) is 11.8 Å². The summed E-state index contributed by atoms with van der Waals surface area (Å²) in [4.78, 5) is 33.5. The van der Waals surface area contributed by atoms with Crippen LogP contribution in [0, 0.1) is 5.92 Å². The topological polar surface area (TPSA) is 135 Å². The maximum absolute atomic E-state index is 12.2. The predicted octanol–water partition coefficient (Wildman–Crippen LogP) is -2.05. The molecule has 3 N–H and O–H groups in total. The summed E-state index contributed by atoms with van der Waals surface area (Å²) in [6.45, 7) is 1.49. The lowest BCUT2D eigenvalue weighted by Gasteiger charge is -2.40. The fourth-order valence-corrected chi connectivity index (χ4v) is 2.06. The molecule has 0 radical (unpaired) electrons. The minimum Gasteiger partial charge on any atom is -0.550 e. The fourth-order valence-electron chi connectivity index (χ4n) is 2.06. The van der Waals surface area contributed by atoms with Crippen LogP contribution < -0.4 is 5.11 Å². The van der Waals surface area contributed by atoms with Crippen LogP contribution in [0.1, 0.15) is 26.2 Å². The number of hydrogen-bond donors (Lipinski definition) is 3. The zero-order valence-electron chi connectivity index (χ0n) is 12.7. The van der Waals surface area contributed by atoms with E-state index in [1.165, 1.54) is 28.1 Å². The lowest BCUT2D eigenvalue weighted by molar-refractivity contribution is -0.925. The second kappa shape index (κ2) is 6.97. The molecule has 0 aliphatic rings. The summed E-state index contributed by atoms with van der Waals surface area (Å²) in [5.74, 6) is -4.29. The summed E-state index contributed by atoms with van der Waals surface area (Å²) in [5, 5.41) is 39.9. The van der Waals surface area contributed by atoms with E-state index in [0.29, 0.717) is 0 Å². The first kappa shape index (κ1) is 19.5. The van der Waals surface area contributed by atoms with Crippen molar-refractivity contribution >= 4 is 17.7 Å². The summed E-state index contributed by atoms with van der Waals surface area (Å²) < 4.78 is -0.261. The molecule has 122 valence electrons. The number of carbonyl (C=O) groups is 3. The molecule has 0 fully saturated rings. The highest BCUT2D eigenvalue weighted by molar-refractivity contribution is 5.91. The normalized spacial score (nSPS) is 17.6. The largest absolute Gasteiger partial charge is 0.550 e. The van der Waals surface area contributed by atoms with Crippen LogP contribution in [-0.2, 0) is 14.4 Å². The zero-order chi connectivity index (χ0) is 17.0. The van der Waals surface area contributed by atoms with Crippen LogP contribution in [0.2, 0.25) is 0 Å². The van der Waals surface area contributed by atoms with Crippen LogP contribution in [0.5, 0.6) is 0 Å². The Morgan fingerprint density at radius 3 is 2.00 bits per heavy atom. The molecule has 0 rings (SSSR count). The Morgan fingerprint density at radius 2 is 1.67 bits per heavy atom. The van der Waals surface area contributed by atoms with Gasteiger partial charge in [0.25, 0.3) is 0 Å². The van der Waals surface area contributed by atoms with E-state index in [0.717, 1.165) is 0 Å². The van der Waals surface area contributed by atoms with Gasteiger partial charge in [-0.15, -0.1) is 0 Å². The molecule has 0 aromatic rings. The molecule has 0 aromatic carbocycles. The SMILES string of the molecule is CC(CC(=O)O)CC(=O)C(O)(CC(=O)[O-])C(O)[N+](C)(C)C. The predicted molar refractivity (Wildman–Crippen MR) is 69.7 cm³/mol. The molecule has 0 saturated carbocycles. The Hall–Kier alpha value is -1.51. The van der Waals surface area contributed by atoms with E-state index in [-0.39, 0.29) is 17.3 Å². The molecule has 0 aliphatic carbocycles. The first-order chi connectivity index (χ1) is 9.30. The number of quaternary nitrogens is 1. The monoisotopic (exact) mass is 305 g/mol. The van der Waals surface area contributed by atoms with Crippen molar-refractivity contribution in [2.24, 2.45) is 5.92 Å². The Balaban J connectivity index is 5.27. The van der Waals surface area contributed by atoms with Crippen molar-refractivity contribution in [2.45, 2.75) is 38.0 Å². The molecular weight excluding hydrogens is 282 g/mol. The number of aliphatic carboxylic acids is 2. The summed E-state index contributed by atoms with van der Waals surface area (Å²) in [6.07, 6.45) is -3.39. The quantitative estimate of drug-likeness (QED) is 0.329. The smallest absolute Gasteiger partial charge is 0.303 e. The number of carboxylic acids is 2. The van der Waals surface area contributed by atoms with Gasteiger partial charge in [-0.2, -0.15) is 0 Å². The van der Waals surface area contributed by atoms with Crippen LogP contribution in [0.4, 0.5) is 0 Å². The van der Waals surface area contributed by atoms with Crippen molar-refractivity contribution in [1.82, 2.24) is 0 Å². The third-order valence-electron chi connectivity index (χ3n) is 3.11. The first-order valence-electron chi connectivity index (χ1n) is 6.47. The van der Waals surface area contributed by atoms with Gasteiger partial charge in [-0.05, 0) is 5.92 Å². The van der Waals surface area contributed by atoms with E-state index in [2.05, 4.69) is 0 Å². The van der Waals surface area contributed by atoms with Gasteiger partial charge in [-0.25, -0.2) is 0 Å². The Labute approximate surface area is 123 Å². The molecule has 0 bridgehead atoms. The number of rotatable bonds is 9. The van der Waals surface area contributed by atoms with Crippen molar-refractivity contribution in [3.8, 4) is 0 Å². The van der Waals surface area contributed by atoms with Gasteiger partial charge in [-0.3, -0.25) is 9.59 Å². The molecule has 0 aromatic heterocycles. The van der Waals surface area contributed by atoms with Crippen molar-refractivity contribution in [1.29, 1.82) is 0 Å². The number of aliphatic hydroxyl groups excluding tert-OH is 1. The zero-order valence-corrected chi connectivity index (χ0v) is 12.7. The molecule has 0 aliphatic heterocycles. The highest BCUT2D eigenvalue weighted by atomic mass is 16.4. The average molecular weight is 305 g/mol. The molecule has 0 amide bonds. The van der Waals surface area contributed by atoms with Gasteiger partial charge >= 0.3 is 5.97 Å². The van der Waals surface area contributed by atoms with Gasteiger partial charge in [0, 0.05) is 25.2 Å². The maximum Gasteiger partial charge on any atom is 0.303 e. The maximum atomic E-state index is 12.2. The second-order valence-corrected chi connectivity index (χ2v) is 6.29. The standard InChI is InChI=1S/C13H23NO7/c1-8(6-10(16)17)5-9(15)13(21,7-11(18)19)12(20)14(2,3)4/h8,12,20-21H,5-7H2,1-4H3,(H-,16,17,18,19). The van der Waals surface area contributed by atoms with E-state index in [4.69, 9.17) is 5.11 Å². The van der Waals surface area contributed by atoms with Crippen molar-refractivity contribution in [3.63, 3.8) is 0 Å². The highest BCUT2D eigenvalue weighted by Gasteiger charge is 2.50. The van der Waals surface area contributed by atoms with Gasteiger partial charge < -0.3 is 29.7 Å². The number of hydrogen-bond acceptors (Lipinski definition) is 6. The van der Waals surface area contributed by atoms with Crippen molar-refractivity contribution in [3.05, 3.63) is 0 Å². The minimum absolute atomic E-state index is 0.261. The van der Waals surface area contributed by atoms with Crippen LogP contribution in [0.15, 0.2) is 0 Å². The number of likely N-dealkylation sites (N-methyl/N-ethyl adjacent to an activating group) is 1. The van der Waals surface area contributed by atoms with Gasteiger partial charge in [0.05, 0.1) is 21.1 Å². The Morgan fingerprint density at radius 1 is 1.19 bits per heavy atom. The number of aliphatic hydroxyl groups is 2. The van der Waals surface area contributed by atoms with Gasteiger partial charge in [0.15, 0.2) is 5.78 Å². The van der Waals surface area contributed by atoms with Crippen LogP contribution in [0.25, 0.3) is 0 Å². The molecular formula is C13H23NO7. The molecule has 8 nitrogen and oxygen atoms in total. The van der Waals surface area contributed by atoms with Crippen LogP contribution >= 0.6 is 0 Å². The Kier molecular flexibility index (Phi) is 6.47. The van der Waals surface area contributed by atoms with E-state index >= 15 is 0 Å². The van der Waals surface area contributed by atoms with Crippen molar-refractivity contribution in [2.75, 3.05) is 21.1 Å². The first-order valence-corrected chi connectivity index (χ1v) is 6.47. The number of ketones is 1.